The predicted octanol–water partition coefficient (Wildman–Crippen LogP) is 5.95. The van der Waals surface area contributed by atoms with Crippen LogP contribution in [0, 0.1) is 5.82 Å². The molecule has 26 heavy (non-hydrogen) atoms. The molecule has 0 fully saturated rings. The molecule has 0 saturated heterocycles. The Morgan fingerprint density at radius 1 is 0.962 bits per heavy atom. The van der Waals surface area contributed by atoms with Crippen molar-refractivity contribution in [2.24, 2.45) is 0 Å². The normalized spacial score (nSPS) is 13.3. The van der Waals surface area contributed by atoms with Crippen molar-refractivity contribution in [3.63, 3.8) is 0 Å². The van der Waals surface area contributed by atoms with Gasteiger partial charge in [-0.05, 0) is 46.5 Å². The molecule has 0 radical (unpaired) electrons. The fourth-order valence-corrected chi connectivity index (χ4v) is 4.17. The molecule has 0 aliphatic carbocycles. The molecule has 1 aliphatic rings. The third-order valence-electron chi connectivity index (χ3n) is 4.54. The molecule has 0 aromatic heterocycles. The highest BCUT2D eigenvalue weighted by Gasteiger charge is 2.17. The minimum atomic E-state index is -0.202. The molecule has 4 rings (SSSR count). The van der Waals surface area contributed by atoms with Crippen LogP contribution in [-0.2, 0) is 12.3 Å². The topological polar surface area (TPSA) is 3.24 Å². The quantitative estimate of drug-likeness (QED) is 0.528. The number of thioether (sulfide) groups is 1. The summed E-state index contributed by atoms with van der Waals surface area (Å²) in [6, 6.07) is 24.0. The van der Waals surface area contributed by atoms with Crippen molar-refractivity contribution in [1.82, 2.24) is 4.90 Å². The average molecular weight is 361 g/mol. The molecule has 0 saturated carbocycles. The number of fused-ring (bicyclic) bond motifs is 1. The molecule has 1 heterocycles. The number of halogens is 1. The lowest BCUT2D eigenvalue weighted by atomic mass is 9.92. The SMILES string of the molecule is CN1C=C(c2ccc(F)cc2)c2ccc(SCc3ccccc3)cc2C1. The molecule has 0 amide bonds. The van der Waals surface area contributed by atoms with E-state index in [4.69, 9.17) is 0 Å². The van der Waals surface area contributed by atoms with Gasteiger partial charge in [0.15, 0.2) is 0 Å². The van der Waals surface area contributed by atoms with Crippen molar-refractivity contribution < 1.29 is 4.39 Å². The zero-order valence-electron chi connectivity index (χ0n) is 14.7. The van der Waals surface area contributed by atoms with Crippen molar-refractivity contribution in [3.05, 3.63) is 107 Å². The van der Waals surface area contributed by atoms with E-state index in [1.54, 1.807) is 0 Å². The Kier molecular flexibility index (Phi) is 4.81. The van der Waals surface area contributed by atoms with Gasteiger partial charge in [0.25, 0.3) is 0 Å². The molecule has 3 heteroatoms. The van der Waals surface area contributed by atoms with E-state index in [1.807, 2.05) is 30.0 Å². The summed E-state index contributed by atoms with van der Waals surface area (Å²) in [6.45, 7) is 0.889. The van der Waals surface area contributed by atoms with Gasteiger partial charge in [-0.1, -0.05) is 48.5 Å². The highest BCUT2D eigenvalue weighted by atomic mass is 32.2. The van der Waals surface area contributed by atoms with E-state index in [1.165, 1.54) is 33.7 Å². The summed E-state index contributed by atoms with van der Waals surface area (Å²) in [4.78, 5) is 3.47. The van der Waals surface area contributed by atoms with Gasteiger partial charge in [-0.2, -0.15) is 0 Å². The summed E-state index contributed by atoms with van der Waals surface area (Å²) in [7, 11) is 2.08. The fourth-order valence-electron chi connectivity index (χ4n) is 3.26. The number of hydrogen-bond donors (Lipinski definition) is 0. The first kappa shape index (κ1) is 16.9. The molecule has 0 atom stereocenters. The molecular weight excluding hydrogens is 341 g/mol. The van der Waals surface area contributed by atoms with E-state index in [2.05, 4.69) is 60.6 Å². The van der Waals surface area contributed by atoms with Crippen LogP contribution in [-0.4, -0.2) is 11.9 Å². The highest BCUT2D eigenvalue weighted by Crippen LogP contribution is 2.34. The Balaban J connectivity index is 1.60. The Hall–Kier alpha value is -2.52. The molecule has 3 aromatic rings. The number of nitrogens with zero attached hydrogens (tertiary/aromatic N) is 1. The molecule has 0 unspecified atom stereocenters. The summed E-state index contributed by atoms with van der Waals surface area (Å²) in [6.07, 6.45) is 2.15. The van der Waals surface area contributed by atoms with Crippen LogP contribution in [0.25, 0.3) is 5.57 Å². The van der Waals surface area contributed by atoms with Crippen LogP contribution in [0.1, 0.15) is 22.3 Å². The lowest BCUT2D eigenvalue weighted by molar-refractivity contribution is 0.445. The van der Waals surface area contributed by atoms with Crippen LogP contribution in [0.2, 0.25) is 0 Å². The Morgan fingerprint density at radius 2 is 1.73 bits per heavy atom. The maximum Gasteiger partial charge on any atom is 0.123 e. The Morgan fingerprint density at radius 3 is 2.50 bits per heavy atom. The third kappa shape index (κ3) is 3.68. The number of rotatable bonds is 4. The van der Waals surface area contributed by atoms with Crippen LogP contribution in [0.15, 0.2) is 83.9 Å². The number of benzene rings is 3. The zero-order valence-corrected chi connectivity index (χ0v) is 15.5. The molecule has 3 aromatic carbocycles. The first-order valence-corrected chi connectivity index (χ1v) is 9.65. The van der Waals surface area contributed by atoms with Crippen molar-refractivity contribution in [3.8, 4) is 0 Å². The first-order chi connectivity index (χ1) is 12.7. The zero-order chi connectivity index (χ0) is 17.9. The van der Waals surface area contributed by atoms with Crippen LogP contribution in [0.3, 0.4) is 0 Å². The molecule has 0 bridgehead atoms. The summed E-state index contributed by atoms with van der Waals surface area (Å²) in [5.41, 5.74) is 6.07. The van der Waals surface area contributed by atoms with E-state index in [9.17, 15) is 4.39 Å². The van der Waals surface area contributed by atoms with E-state index in [-0.39, 0.29) is 5.82 Å². The minimum Gasteiger partial charge on any atom is -0.376 e. The van der Waals surface area contributed by atoms with E-state index in [0.29, 0.717) is 0 Å². The first-order valence-electron chi connectivity index (χ1n) is 8.67. The molecule has 1 nitrogen and oxygen atoms in total. The van der Waals surface area contributed by atoms with Gasteiger partial charge in [0, 0.05) is 36.0 Å². The fraction of sp³-hybridized carbons (Fsp3) is 0.130. The summed E-state index contributed by atoms with van der Waals surface area (Å²) in [5.74, 6) is 0.766. The third-order valence-corrected chi connectivity index (χ3v) is 5.60. The lowest BCUT2D eigenvalue weighted by Gasteiger charge is -2.26. The monoisotopic (exact) mass is 361 g/mol. The van der Waals surface area contributed by atoms with Crippen LogP contribution in [0.4, 0.5) is 4.39 Å². The second-order valence-electron chi connectivity index (χ2n) is 6.56. The minimum absolute atomic E-state index is 0.202. The van der Waals surface area contributed by atoms with Gasteiger partial charge >= 0.3 is 0 Å². The Labute approximate surface area is 158 Å². The van der Waals surface area contributed by atoms with Crippen molar-refractivity contribution in [2.75, 3.05) is 7.05 Å². The molecule has 130 valence electrons. The molecule has 0 spiro atoms. The summed E-state index contributed by atoms with van der Waals surface area (Å²) in [5, 5.41) is 0. The number of hydrogen-bond acceptors (Lipinski definition) is 2. The van der Waals surface area contributed by atoms with Crippen LogP contribution < -0.4 is 0 Å². The van der Waals surface area contributed by atoms with E-state index >= 15 is 0 Å². The van der Waals surface area contributed by atoms with Gasteiger partial charge in [-0.3, -0.25) is 0 Å². The van der Waals surface area contributed by atoms with Crippen molar-refractivity contribution >= 4 is 17.3 Å². The van der Waals surface area contributed by atoms with Crippen LogP contribution >= 0.6 is 11.8 Å². The van der Waals surface area contributed by atoms with E-state index < -0.39 is 0 Å². The summed E-state index contributed by atoms with van der Waals surface area (Å²) >= 11 is 1.86. The average Bonchev–Trinajstić information content (AvgIpc) is 2.67. The second kappa shape index (κ2) is 7.38. The van der Waals surface area contributed by atoms with Gasteiger partial charge in [-0.25, -0.2) is 4.39 Å². The smallest absolute Gasteiger partial charge is 0.123 e. The maximum atomic E-state index is 13.3. The molecular formula is C23H20FNS. The predicted molar refractivity (Wildman–Crippen MR) is 107 cm³/mol. The van der Waals surface area contributed by atoms with Gasteiger partial charge < -0.3 is 4.90 Å². The molecule has 0 N–H and O–H groups in total. The van der Waals surface area contributed by atoms with Gasteiger partial charge in [-0.15, -0.1) is 11.8 Å². The van der Waals surface area contributed by atoms with E-state index in [0.717, 1.165) is 23.4 Å². The van der Waals surface area contributed by atoms with Gasteiger partial charge in [0.05, 0.1) is 0 Å². The molecule has 1 aliphatic heterocycles. The maximum absolute atomic E-state index is 13.3. The van der Waals surface area contributed by atoms with Crippen molar-refractivity contribution in [2.45, 2.75) is 17.2 Å². The Bertz CT molecular complexity index is 932. The second-order valence-corrected chi connectivity index (χ2v) is 7.61. The standard InChI is InChI=1S/C23H20FNS/c1-25-14-19-13-21(26-16-17-5-3-2-4-6-17)11-12-22(19)23(15-25)18-7-9-20(24)10-8-18/h2-13,15H,14,16H2,1H3. The highest BCUT2D eigenvalue weighted by molar-refractivity contribution is 7.98. The summed E-state index contributed by atoms with van der Waals surface area (Å²) < 4.78 is 13.3. The largest absolute Gasteiger partial charge is 0.376 e. The van der Waals surface area contributed by atoms with Crippen LogP contribution in [0.5, 0.6) is 0 Å². The van der Waals surface area contributed by atoms with Crippen molar-refractivity contribution in [1.29, 1.82) is 0 Å². The van der Waals surface area contributed by atoms with Gasteiger partial charge in [0.1, 0.15) is 5.82 Å². The van der Waals surface area contributed by atoms with Gasteiger partial charge in [0.2, 0.25) is 0 Å². The lowest BCUT2D eigenvalue weighted by Crippen LogP contribution is -2.17.